The van der Waals surface area contributed by atoms with Gasteiger partial charge in [-0.15, -0.1) is 0 Å². The molecular weight excluding hydrogens is 280 g/mol. The van der Waals surface area contributed by atoms with Crippen molar-refractivity contribution in [3.05, 3.63) is 34.9 Å². The van der Waals surface area contributed by atoms with E-state index in [1.54, 1.807) is 0 Å². The highest BCUT2D eigenvalue weighted by Crippen LogP contribution is 2.22. The van der Waals surface area contributed by atoms with Crippen LogP contribution >= 0.6 is 11.6 Å². The average Bonchev–Trinajstić information content (AvgIpc) is 2.40. The number of hydrogen-bond acceptors (Lipinski definition) is 2. The maximum Gasteiger partial charge on any atom is 0.0406 e. The monoisotopic (exact) mass is 310 g/mol. The van der Waals surface area contributed by atoms with Crippen molar-refractivity contribution in [2.24, 2.45) is 5.41 Å². The fourth-order valence-corrected chi connectivity index (χ4v) is 2.62. The maximum atomic E-state index is 5.93. The van der Waals surface area contributed by atoms with Crippen LogP contribution in [0.25, 0.3) is 0 Å². The number of halogens is 1. The zero-order chi connectivity index (χ0) is 15.9. The molecule has 2 nitrogen and oxygen atoms in total. The van der Waals surface area contributed by atoms with Crippen LogP contribution < -0.4 is 5.32 Å². The number of benzene rings is 1. The van der Waals surface area contributed by atoms with Crippen LogP contribution in [0.4, 0.5) is 0 Å². The van der Waals surface area contributed by atoms with E-state index in [-0.39, 0.29) is 0 Å². The Balaban J connectivity index is 2.45. The van der Waals surface area contributed by atoms with Gasteiger partial charge in [-0.1, -0.05) is 51.4 Å². The van der Waals surface area contributed by atoms with Crippen LogP contribution in [0.3, 0.4) is 0 Å². The van der Waals surface area contributed by atoms with Gasteiger partial charge in [-0.25, -0.2) is 0 Å². The first-order valence-corrected chi connectivity index (χ1v) is 8.37. The second-order valence-electron chi connectivity index (χ2n) is 7.03. The molecule has 1 atom stereocenters. The minimum atomic E-state index is 0.302. The normalized spacial score (nSPS) is 13.7. The average molecular weight is 311 g/mol. The second kappa shape index (κ2) is 8.77. The molecule has 0 heterocycles. The molecular formula is C18H31ClN2. The van der Waals surface area contributed by atoms with Gasteiger partial charge in [0.2, 0.25) is 0 Å². The van der Waals surface area contributed by atoms with Gasteiger partial charge in [-0.05, 0) is 56.1 Å². The van der Waals surface area contributed by atoms with Crippen molar-refractivity contribution in [3.8, 4) is 0 Å². The Morgan fingerprint density at radius 1 is 1.19 bits per heavy atom. The number of nitrogens with one attached hydrogen (secondary N) is 1. The molecule has 0 aliphatic heterocycles. The summed E-state index contributed by atoms with van der Waals surface area (Å²) in [4.78, 5) is 2.38. The first-order chi connectivity index (χ1) is 9.82. The molecule has 1 aromatic carbocycles. The minimum Gasteiger partial charge on any atom is -0.313 e. The van der Waals surface area contributed by atoms with E-state index in [1.807, 2.05) is 12.1 Å². The summed E-state index contributed by atoms with van der Waals surface area (Å²) in [6, 6.07) is 8.70. The van der Waals surface area contributed by atoms with Crippen molar-refractivity contribution in [2.45, 2.75) is 53.1 Å². The zero-order valence-corrected chi connectivity index (χ0v) is 15.0. The SMILES string of the molecule is CCCNC(CCN(C)Cc1ccc(Cl)cc1)C(C)(C)C. The van der Waals surface area contributed by atoms with Crippen LogP contribution in [0.15, 0.2) is 24.3 Å². The molecule has 1 unspecified atom stereocenters. The summed E-state index contributed by atoms with van der Waals surface area (Å²) >= 11 is 5.93. The lowest BCUT2D eigenvalue weighted by Gasteiger charge is -2.33. The summed E-state index contributed by atoms with van der Waals surface area (Å²) in [6.45, 7) is 12.4. The third kappa shape index (κ3) is 7.30. The lowest BCUT2D eigenvalue weighted by molar-refractivity contribution is 0.219. The zero-order valence-electron chi connectivity index (χ0n) is 14.2. The van der Waals surface area contributed by atoms with E-state index >= 15 is 0 Å². The Morgan fingerprint density at radius 3 is 2.33 bits per heavy atom. The van der Waals surface area contributed by atoms with Crippen LogP contribution in [-0.4, -0.2) is 31.1 Å². The minimum absolute atomic E-state index is 0.302. The summed E-state index contributed by atoms with van der Waals surface area (Å²) in [7, 11) is 2.19. The Kier molecular flexibility index (Phi) is 7.72. The predicted molar refractivity (Wildman–Crippen MR) is 93.9 cm³/mol. The Morgan fingerprint density at radius 2 is 1.81 bits per heavy atom. The summed E-state index contributed by atoms with van der Waals surface area (Å²) in [6.07, 6.45) is 2.36. The first-order valence-electron chi connectivity index (χ1n) is 7.99. The highest BCUT2D eigenvalue weighted by atomic mass is 35.5. The quantitative estimate of drug-likeness (QED) is 0.756. The maximum absolute atomic E-state index is 5.93. The van der Waals surface area contributed by atoms with Gasteiger partial charge in [-0.2, -0.15) is 0 Å². The molecule has 0 aliphatic carbocycles. The largest absolute Gasteiger partial charge is 0.313 e. The third-order valence-corrected chi connectivity index (χ3v) is 4.10. The molecule has 1 N–H and O–H groups in total. The van der Waals surface area contributed by atoms with Gasteiger partial charge in [0.15, 0.2) is 0 Å². The van der Waals surface area contributed by atoms with Crippen LogP contribution in [0.2, 0.25) is 5.02 Å². The molecule has 1 rings (SSSR count). The summed E-state index contributed by atoms with van der Waals surface area (Å²) in [5.74, 6) is 0. The van der Waals surface area contributed by atoms with E-state index in [0.717, 1.165) is 24.7 Å². The molecule has 0 fully saturated rings. The molecule has 0 saturated heterocycles. The molecule has 3 heteroatoms. The smallest absolute Gasteiger partial charge is 0.0406 e. The second-order valence-corrected chi connectivity index (χ2v) is 7.46. The molecule has 0 radical (unpaired) electrons. The molecule has 0 aromatic heterocycles. The predicted octanol–water partition coefficient (Wildman–Crippen LogP) is 4.58. The molecule has 0 spiro atoms. The van der Waals surface area contributed by atoms with E-state index in [1.165, 1.54) is 18.4 Å². The van der Waals surface area contributed by atoms with E-state index in [4.69, 9.17) is 11.6 Å². The molecule has 0 saturated carbocycles. The van der Waals surface area contributed by atoms with Crippen molar-refractivity contribution in [1.29, 1.82) is 0 Å². The summed E-state index contributed by atoms with van der Waals surface area (Å²) in [5.41, 5.74) is 1.62. The molecule has 0 amide bonds. The van der Waals surface area contributed by atoms with Crippen molar-refractivity contribution in [2.75, 3.05) is 20.1 Å². The van der Waals surface area contributed by atoms with E-state index in [9.17, 15) is 0 Å². The van der Waals surface area contributed by atoms with Gasteiger partial charge in [-0.3, -0.25) is 0 Å². The van der Waals surface area contributed by atoms with Crippen LogP contribution in [-0.2, 0) is 6.54 Å². The fourth-order valence-electron chi connectivity index (χ4n) is 2.49. The molecule has 120 valence electrons. The van der Waals surface area contributed by atoms with Crippen molar-refractivity contribution in [1.82, 2.24) is 10.2 Å². The van der Waals surface area contributed by atoms with E-state index < -0.39 is 0 Å². The first kappa shape index (κ1) is 18.5. The highest BCUT2D eigenvalue weighted by molar-refractivity contribution is 6.30. The number of rotatable bonds is 8. The summed E-state index contributed by atoms with van der Waals surface area (Å²) in [5, 5.41) is 4.50. The van der Waals surface area contributed by atoms with Gasteiger partial charge >= 0.3 is 0 Å². The van der Waals surface area contributed by atoms with Crippen molar-refractivity contribution < 1.29 is 0 Å². The van der Waals surface area contributed by atoms with Crippen LogP contribution in [0.5, 0.6) is 0 Å². The van der Waals surface area contributed by atoms with Gasteiger partial charge in [0.25, 0.3) is 0 Å². The number of hydrogen-bond donors (Lipinski definition) is 1. The number of nitrogens with zero attached hydrogens (tertiary/aromatic N) is 1. The molecule has 1 aromatic rings. The fraction of sp³-hybridized carbons (Fsp3) is 0.667. The molecule has 21 heavy (non-hydrogen) atoms. The van der Waals surface area contributed by atoms with E-state index in [2.05, 4.69) is 57.1 Å². The third-order valence-electron chi connectivity index (χ3n) is 3.85. The topological polar surface area (TPSA) is 15.3 Å². The standard InChI is InChI=1S/C18H31ClN2/c1-6-12-20-17(18(2,3)4)11-13-21(5)14-15-7-9-16(19)10-8-15/h7-10,17,20H,6,11-14H2,1-5H3. The van der Waals surface area contributed by atoms with Crippen LogP contribution in [0.1, 0.15) is 46.1 Å². The van der Waals surface area contributed by atoms with Gasteiger partial charge in [0.05, 0.1) is 0 Å². The van der Waals surface area contributed by atoms with Gasteiger partial charge in [0, 0.05) is 17.6 Å². The van der Waals surface area contributed by atoms with Crippen molar-refractivity contribution in [3.63, 3.8) is 0 Å². The molecule has 0 aliphatic rings. The Bertz CT molecular complexity index is 395. The highest BCUT2D eigenvalue weighted by Gasteiger charge is 2.23. The summed E-state index contributed by atoms with van der Waals surface area (Å²) < 4.78 is 0. The Hall–Kier alpha value is -0.570. The van der Waals surface area contributed by atoms with E-state index in [0.29, 0.717) is 11.5 Å². The lowest BCUT2D eigenvalue weighted by Crippen LogP contribution is -2.42. The lowest BCUT2D eigenvalue weighted by atomic mass is 9.84. The Labute approximate surface area is 135 Å². The van der Waals surface area contributed by atoms with Crippen LogP contribution in [0, 0.1) is 5.41 Å². The van der Waals surface area contributed by atoms with Gasteiger partial charge in [0.1, 0.15) is 0 Å². The van der Waals surface area contributed by atoms with Crippen molar-refractivity contribution >= 4 is 11.6 Å². The van der Waals surface area contributed by atoms with Gasteiger partial charge < -0.3 is 10.2 Å². The molecule has 0 bridgehead atoms.